The maximum atomic E-state index is 11.5. The quantitative estimate of drug-likeness (QED) is 0.813. The number of hydrogen-bond acceptors (Lipinski definition) is 1. The summed E-state index contributed by atoms with van der Waals surface area (Å²) in [6.07, 6.45) is 0.335. The van der Waals surface area contributed by atoms with Crippen LogP contribution in [0.2, 0.25) is 5.02 Å². The number of halogens is 2. The lowest BCUT2D eigenvalue weighted by atomic mass is 10.1. The molecule has 82 valence electrons. The Morgan fingerprint density at radius 3 is 2.87 bits per heavy atom. The highest BCUT2D eigenvalue weighted by Crippen LogP contribution is 2.10. The Morgan fingerprint density at radius 2 is 2.27 bits per heavy atom. The summed E-state index contributed by atoms with van der Waals surface area (Å²) in [7, 11) is 0. The predicted octanol–water partition coefficient (Wildman–Crippen LogP) is 2.63. The lowest BCUT2D eigenvalue weighted by Crippen LogP contribution is -2.34. The molecule has 15 heavy (non-hydrogen) atoms. The Morgan fingerprint density at radius 1 is 1.53 bits per heavy atom. The Hall–Kier alpha value is -0.730. The number of carbonyl (C=O) groups excluding carboxylic acids is 1. The van der Waals surface area contributed by atoms with E-state index in [0.717, 1.165) is 5.56 Å². The molecule has 0 saturated carbocycles. The van der Waals surface area contributed by atoms with E-state index >= 15 is 0 Å². The molecular weight excluding hydrogens is 233 g/mol. The van der Waals surface area contributed by atoms with Gasteiger partial charge in [-0.25, -0.2) is 0 Å². The van der Waals surface area contributed by atoms with Gasteiger partial charge in [-0.15, -0.1) is 11.6 Å². The Bertz CT molecular complexity index is 341. The van der Waals surface area contributed by atoms with Gasteiger partial charge in [0.2, 0.25) is 5.91 Å². The van der Waals surface area contributed by atoms with E-state index in [1.54, 1.807) is 12.1 Å². The molecule has 0 aliphatic carbocycles. The molecule has 4 heteroatoms. The predicted molar refractivity (Wildman–Crippen MR) is 63.5 cm³/mol. The molecule has 1 atom stereocenters. The van der Waals surface area contributed by atoms with Gasteiger partial charge >= 0.3 is 0 Å². The van der Waals surface area contributed by atoms with Crippen molar-refractivity contribution in [1.29, 1.82) is 0 Å². The van der Waals surface area contributed by atoms with Gasteiger partial charge in [0.05, 0.1) is 6.42 Å². The van der Waals surface area contributed by atoms with Crippen LogP contribution < -0.4 is 5.32 Å². The summed E-state index contributed by atoms with van der Waals surface area (Å²) in [6.45, 7) is 1.86. The Balaban J connectivity index is 2.51. The molecule has 0 saturated heterocycles. The third kappa shape index (κ3) is 4.54. The molecular formula is C11H13Cl2NO. The lowest BCUT2D eigenvalue weighted by Gasteiger charge is -2.10. The summed E-state index contributed by atoms with van der Waals surface area (Å²) in [4.78, 5) is 11.5. The number of rotatable bonds is 4. The fourth-order valence-electron chi connectivity index (χ4n) is 1.20. The first-order chi connectivity index (χ1) is 7.11. The van der Waals surface area contributed by atoms with Crippen LogP contribution >= 0.6 is 23.2 Å². The topological polar surface area (TPSA) is 29.1 Å². The molecule has 1 aromatic rings. The van der Waals surface area contributed by atoms with Crippen molar-refractivity contribution in [2.24, 2.45) is 0 Å². The second kappa shape index (κ2) is 5.99. The van der Waals surface area contributed by atoms with Gasteiger partial charge in [-0.2, -0.15) is 0 Å². The first kappa shape index (κ1) is 12.3. The van der Waals surface area contributed by atoms with Gasteiger partial charge in [0.15, 0.2) is 0 Å². The second-order valence-corrected chi connectivity index (χ2v) is 4.17. The molecule has 0 aliphatic heterocycles. The summed E-state index contributed by atoms with van der Waals surface area (Å²) in [5.74, 6) is 0.381. The van der Waals surface area contributed by atoms with Crippen molar-refractivity contribution >= 4 is 29.1 Å². The minimum Gasteiger partial charge on any atom is -0.352 e. The van der Waals surface area contributed by atoms with Crippen LogP contribution in [-0.2, 0) is 11.2 Å². The fraction of sp³-hybridized carbons (Fsp3) is 0.364. The van der Waals surface area contributed by atoms with Crippen LogP contribution in [0.5, 0.6) is 0 Å². The zero-order chi connectivity index (χ0) is 11.3. The van der Waals surface area contributed by atoms with E-state index in [4.69, 9.17) is 23.2 Å². The minimum absolute atomic E-state index is 0.00153. The van der Waals surface area contributed by atoms with Gasteiger partial charge in [0.1, 0.15) is 0 Å². The lowest BCUT2D eigenvalue weighted by molar-refractivity contribution is -0.120. The summed E-state index contributed by atoms with van der Waals surface area (Å²) < 4.78 is 0. The third-order valence-electron chi connectivity index (χ3n) is 1.89. The van der Waals surface area contributed by atoms with Crippen LogP contribution in [-0.4, -0.2) is 17.8 Å². The molecule has 1 rings (SSSR count). The van der Waals surface area contributed by atoms with Crippen molar-refractivity contribution < 1.29 is 4.79 Å². The molecule has 0 spiro atoms. The van der Waals surface area contributed by atoms with E-state index in [0.29, 0.717) is 17.3 Å². The average molecular weight is 246 g/mol. The van der Waals surface area contributed by atoms with Gasteiger partial charge in [-0.05, 0) is 24.6 Å². The summed E-state index contributed by atoms with van der Waals surface area (Å²) in [6, 6.07) is 7.27. The highest BCUT2D eigenvalue weighted by Gasteiger charge is 2.06. The maximum Gasteiger partial charge on any atom is 0.224 e. The van der Waals surface area contributed by atoms with E-state index in [1.807, 2.05) is 19.1 Å². The van der Waals surface area contributed by atoms with Crippen molar-refractivity contribution in [3.63, 3.8) is 0 Å². The molecule has 2 nitrogen and oxygen atoms in total. The van der Waals surface area contributed by atoms with Crippen LogP contribution in [0, 0.1) is 0 Å². The number of nitrogens with one attached hydrogen (secondary N) is 1. The first-order valence-electron chi connectivity index (χ1n) is 4.71. The number of benzene rings is 1. The molecule has 1 N–H and O–H groups in total. The Labute approximate surface area is 99.6 Å². The molecule has 0 bridgehead atoms. The average Bonchev–Trinajstić information content (AvgIpc) is 2.17. The number of amides is 1. The maximum absolute atomic E-state index is 11.5. The van der Waals surface area contributed by atoms with E-state index in [2.05, 4.69) is 5.32 Å². The van der Waals surface area contributed by atoms with E-state index < -0.39 is 0 Å². The highest BCUT2D eigenvalue weighted by atomic mass is 35.5. The monoisotopic (exact) mass is 245 g/mol. The standard InChI is InChI=1S/C11H13Cl2NO/c1-8(7-12)14-11(15)6-9-3-2-4-10(13)5-9/h2-5,8H,6-7H2,1H3,(H,14,15). The summed E-state index contributed by atoms with van der Waals surface area (Å²) in [5.41, 5.74) is 0.904. The van der Waals surface area contributed by atoms with Crippen LogP contribution in [0.15, 0.2) is 24.3 Å². The van der Waals surface area contributed by atoms with Crippen molar-refractivity contribution in [3.8, 4) is 0 Å². The molecule has 0 heterocycles. The van der Waals surface area contributed by atoms with Gasteiger partial charge < -0.3 is 5.32 Å². The SMILES string of the molecule is CC(CCl)NC(=O)Cc1cccc(Cl)c1. The second-order valence-electron chi connectivity index (χ2n) is 3.43. The van der Waals surface area contributed by atoms with Crippen LogP contribution in [0.3, 0.4) is 0 Å². The third-order valence-corrected chi connectivity index (χ3v) is 2.59. The highest BCUT2D eigenvalue weighted by molar-refractivity contribution is 6.30. The van der Waals surface area contributed by atoms with Crippen LogP contribution in [0.1, 0.15) is 12.5 Å². The summed E-state index contributed by atoms with van der Waals surface area (Å²) in [5, 5.41) is 3.43. The van der Waals surface area contributed by atoms with E-state index in [1.165, 1.54) is 0 Å². The Kier molecular flexibility index (Phi) is 4.92. The van der Waals surface area contributed by atoms with Gasteiger partial charge in [-0.3, -0.25) is 4.79 Å². The fourth-order valence-corrected chi connectivity index (χ4v) is 1.49. The van der Waals surface area contributed by atoms with Crippen molar-refractivity contribution in [1.82, 2.24) is 5.32 Å². The normalized spacial score (nSPS) is 12.2. The molecule has 0 fully saturated rings. The number of carbonyl (C=O) groups is 1. The van der Waals surface area contributed by atoms with Crippen LogP contribution in [0.4, 0.5) is 0 Å². The largest absolute Gasteiger partial charge is 0.352 e. The zero-order valence-electron chi connectivity index (χ0n) is 8.47. The zero-order valence-corrected chi connectivity index (χ0v) is 9.98. The summed E-state index contributed by atoms with van der Waals surface area (Å²) >= 11 is 11.4. The minimum atomic E-state index is -0.0367. The molecule has 0 radical (unpaired) electrons. The molecule has 0 aromatic heterocycles. The van der Waals surface area contributed by atoms with Crippen LogP contribution in [0.25, 0.3) is 0 Å². The molecule has 1 aromatic carbocycles. The molecule has 1 amide bonds. The van der Waals surface area contributed by atoms with Gasteiger partial charge in [0, 0.05) is 16.9 Å². The smallest absolute Gasteiger partial charge is 0.224 e. The molecule has 1 unspecified atom stereocenters. The van der Waals surface area contributed by atoms with E-state index in [9.17, 15) is 4.79 Å². The van der Waals surface area contributed by atoms with Gasteiger partial charge in [0.25, 0.3) is 0 Å². The van der Waals surface area contributed by atoms with Crippen molar-refractivity contribution in [2.45, 2.75) is 19.4 Å². The van der Waals surface area contributed by atoms with Crippen molar-refractivity contribution in [2.75, 3.05) is 5.88 Å². The van der Waals surface area contributed by atoms with Gasteiger partial charge in [-0.1, -0.05) is 23.7 Å². The molecule has 0 aliphatic rings. The first-order valence-corrected chi connectivity index (χ1v) is 5.63. The van der Waals surface area contributed by atoms with E-state index in [-0.39, 0.29) is 11.9 Å². The van der Waals surface area contributed by atoms with Crippen molar-refractivity contribution in [3.05, 3.63) is 34.9 Å². The number of alkyl halides is 1. The number of hydrogen-bond donors (Lipinski definition) is 1.